The SMILES string of the molecule is CN(C)C(CNC(=O)COc1ccc2ccc(=O)oc2c1)c1ccccc1. The number of fused-ring (bicyclic) bond motifs is 1. The highest BCUT2D eigenvalue weighted by molar-refractivity contribution is 5.79. The molecule has 1 heterocycles. The fraction of sp³-hybridized carbons (Fsp3) is 0.238. The first kappa shape index (κ1) is 18.7. The predicted octanol–water partition coefficient (Wildman–Crippen LogP) is 2.59. The summed E-state index contributed by atoms with van der Waals surface area (Å²) in [5.41, 5.74) is 1.14. The molecule has 0 aliphatic heterocycles. The van der Waals surface area contributed by atoms with Gasteiger partial charge < -0.3 is 19.4 Å². The molecule has 0 saturated carbocycles. The van der Waals surface area contributed by atoms with Crippen molar-refractivity contribution in [3.8, 4) is 5.75 Å². The van der Waals surface area contributed by atoms with E-state index >= 15 is 0 Å². The maximum Gasteiger partial charge on any atom is 0.336 e. The number of nitrogens with zero attached hydrogens (tertiary/aromatic N) is 1. The summed E-state index contributed by atoms with van der Waals surface area (Å²) in [6.45, 7) is 0.364. The number of hydrogen-bond donors (Lipinski definition) is 1. The summed E-state index contributed by atoms with van der Waals surface area (Å²) >= 11 is 0. The molecule has 1 unspecified atom stereocenters. The smallest absolute Gasteiger partial charge is 0.336 e. The summed E-state index contributed by atoms with van der Waals surface area (Å²) < 4.78 is 10.6. The largest absolute Gasteiger partial charge is 0.484 e. The minimum atomic E-state index is -0.423. The Balaban J connectivity index is 1.57. The van der Waals surface area contributed by atoms with Gasteiger partial charge in [0, 0.05) is 24.1 Å². The van der Waals surface area contributed by atoms with E-state index in [0.717, 1.165) is 10.9 Å². The first-order chi connectivity index (χ1) is 13.0. The summed E-state index contributed by atoms with van der Waals surface area (Å²) in [4.78, 5) is 25.5. The maximum atomic E-state index is 12.2. The van der Waals surface area contributed by atoms with E-state index in [1.54, 1.807) is 24.3 Å². The van der Waals surface area contributed by atoms with Gasteiger partial charge in [-0.25, -0.2) is 4.79 Å². The minimum absolute atomic E-state index is 0.0742. The Labute approximate surface area is 157 Å². The van der Waals surface area contributed by atoms with Crippen LogP contribution < -0.4 is 15.7 Å². The van der Waals surface area contributed by atoms with Crippen LogP contribution in [0.15, 0.2) is 69.9 Å². The van der Waals surface area contributed by atoms with Crippen LogP contribution in [0, 0.1) is 0 Å². The Morgan fingerprint density at radius 2 is 1.85 bits per heavy atom. The van der Waals surface area contributed by atoms with Crippen molar-refractivity contribution >= 4 is 16.9 Å². The molecule has 0 fully saturated rings. The molecule has 0 saturated heterocycles. The monoisotopic (exact) mass is 366 g/mol. The number of carbonyl (C=O) groups excluding carboxylic acids is 1. The highest BCUT2D eigenvalue weighted by Gasteiger charge is 2.15. The van der Waals surface area contributed by atoms with Crippen LogP contribution in [0.25, 0.3) is 11.0 Å². The van der Waals surface area contributed by atoms with Gasteiger partial charge in [0.2, 0.25) is 0 Å². The van der Waals surface area contributed by atoms with Crippen LogP contribution in [0.5, 0.6) is 5.75 Å². The van der Waals surface area contributed by atoms with Crippen LogP contribution in [0.1, 0.15) is 11.6 Å². The average molecular weight is 366 g/mol. The molecule has 2 aromatic carbocycles. The summed E-state index contributed by atoms with van der Waals surface area (Å²) in [6, 6.07) is 18.3. The average Bonchev–Trinajstić information content (AvgIpc) is 2.66. The van der Waals surface area contributed by atoms with Gasteiger partial charge in [-0.2, -0.15) is 0 Å². The number of amides is 1. The first-order valence-corrected chi connectivity index (χ1v) is 8.68. The van der Waals surface area contributed by atoms with E-state index < -0.39 is 5.63 Å². The number of hydrogen-bond acceptors (Lipinski definition) is 5. The van der Waals surface area contributed by atoms with Gasteiger partial charge >= 0.3 is 5.63 Å². The molecule has 0 aliphatic rings. The molecule has 1 N–H and O–H groups in total. The third kappa shape index (κ3) is 4.95. The summed E-state index contributed by atoms with van der Waals surface area (Å²) in [7, 11) is 3.95. The summed E-state index contributed by atoms with van der Waals surface area (Å²) in [5.74, 6) is 0.256. The topological polar surface area (TPSA) is 71.8 Å². The molecule has 1 atom stereocenters. The van der Waals surface area contributed by atoms with Gasteiger partial charge in [0.1, 0.15) is 11.3 Å². The zero-order chi connectivity index (χ0) is 19.2. The summed E-state index contributed by atoms with van der Waals surface area (Å²) in [5, 5.41) is 3.69. The van der Waals surface area contributed by atoms with E-state index in [4.69, 9.17) is 9.15 Å². The van der Waals surface area contributed by atoms with Crippen molar-refractivity contribution in [1.82, 2.24) is 10.2 Å². The molecule has 0 radical (unpaired) electrons. The zero-order valence-corrected chi connectivity index (χ0v) is 15.3. The van der Waals surface area contributed by atoms with Gasteiger partial charge in [0.05, 0.1) is 6.04 Å². The summed E-state index contributed by atoms with van der Waals surface area (Å²) in [6.07, 6.45) is 0. The van der Waals surface area contributed by atoms with Gasteiger partial charge in [-0.1, -0.05) is 30.3 Å². The fourth-order valence-corrected chi connectivity index (χ4v) is 2.81. The number of rotatable bonds is 7. The molecule has 3 aromatic rings. The zero-order valence-electron chi connectivity index (χ0n) is 15.3. The van der Waals surface area contributed by atoms with Crippen molar-refractivity contribution in [2.45, 2.75) is 6.04 Å². The lowest BCUT2D eigenvalue weighted by molar-refractivity contribution is -0.123. The first-order valence-electron chi connectivity index (χ1n) is 8.68. The lowest BCUT2D eigenvalue weighted by atomic mass is 10.1. The highest BCUT2D eigenvalue weighted by atomic mass is 16.5. The van der Waals surface area contributed by atoms with Gasteiger partial charge in [0.15, 0.2) is 6.61 Å². The van der Waals surface area contributed by atoms with Crippen molar-refractivity contribution in [3.05, 3.63) is 76.6 Å². The van der Waals surface area contributed by atoms with Gasteiger partial charge in [-0.15, -0.1) is 0 Å². The molecule has 3 rings (SSSR count). The van der Waals surface area contributed by atoms with Gasteiger partial charge in [-0.05, 0) is 37.9 Å². The van der Waals surface area contributed by atoms with E-state index in [1.807, 2.05) is 44.4 Å². The maximum absolute atomic E-state index is 12.2. The number of ether oxygens (including phenoxy) is 1. The highest BCUT2D eigenvalue weighted by Crippen LogP contribution is 2.19. The van der Waals surface area contributed by atoms with E-state index in [9.17, 15) is 9.59 Å². The van der Waals surface area contributed by atoms with Crippen molar-refractivity contribution < 1.29 is 13.9 Å². The molecular formula is C21H22N2O4. The number of carbonyl (C=O) groups is 1. The Morgan fingerprint density at radius 1 is 1.11 bits per heavy atom. The molecular weight excluding hydrogens is 344 g/mol. The quantitative estimate of drug-likeness (QED) is 0.651. The number of benzene rings is 2. The normalized spacial score (nSPS) is 12.1. The molecule has 0 aliphatic carbocycles. The Kier molecular flexibility index (Phi) is 5.88. The predicted molar refractivity (Wildman–Crippen MR) is 104 cm³/mol. The van der Waals surface area contributed by atoms with Crippen LogP contribution in [-0.2, 0) is 4.79 Å². The van der Waals surface area contributed by atoms with Gasteiger partial charge in [-0.3, -0.25) is 4.79 Å². The number of likely N-dealkylation sites (N-methyl/N-ethyl adjacent to an activating group) is 1. The molecule has 27 heavy (non-hydrogen) atoms. The molecule has 6 heteroatoms. The second kappa shape index (κ2) is 8.51. The third-order valence-electron chi connectivity index (χ3n) is 4.26. The van der Waals surface area contributed by atoms with Crippen LogP contribution in [0.2, 0.25) is 0 Å². The van der Waals surface area contributed by atoms with Crippen LogP contribution in [0.3, 0.4) is 0 Å². The minimum Gasteiger partial charge on any atom is -0.484 e. The van der Waals surface area contributed by atoms with E-state index in [2.05, 4.69) is 10.2 Å². The lowest BCUT2D eigenvalue weighted by Crippen LogP contribution is -2.36. The van der Waals surface area contributed by atoms with Crippen LogP contribution in [0.4, 0.5) is 0 Å². The molecule has 6 nitrogen and oxygen atoms in total. The molecule has 1 aromatic heterocycles. The van der Waals surface area contributed by atoms with Gasteiger partial charge in [0.25, 0.3) is 5.91 Å². The van der Waals surface area contributed by atoms with Crippen molar-refractivity contribution in [2.75, 3.05) is 27.2 Å². The van der Waals surface area contributed by atoms with E-state index in [-0.39, 0.29) is 18.6 Å². The van der Waals surface area contributed by atoms with E-state index in [1.165, 1.54) is 6.07 Å². The third-order valence-corrected chi connectivity index (χ3v) is 4.26. The second-order valence-corrected chi connectivity index (χ2v) is 6.44. The van der Waals surface area contributed by atoms with Crippen molar-refractivity contribution in [3.63, 3.8) is 0 Å². The Morgan fingerprint density at radius 3 is 2.59 bits per heavy atom. The number of nitrogens with one attached hydrogen (secondary N) is 1. The second-order valence-electron chi connectivity index (χ2n) is 6.44. The Hall–Kier alpha value is -3.12. The molecule has 1 amide bonds. The van der Waals surface area contributed by atoms with Crippen molar-refractivity contribution in [2.24, 2.45) is 0 Å². The molecule has 140 valence electrons. The fourth-order valence-electron chi connectivity index (χ4n) is 2.81. The van der Waals surface area contributed by atoms with Crippen LogP contribution >= 0.6 is 0 Å². The standard InChI is InChI=1S/C21H22N2O4/c1-23(2)18(15-6-4-3-5-7-15)13-22-20(24)14-26-17-10-8-16-9-11-21(25)27-19(16)12-17/h3-12,18H,13-14H2,1-2H3,(H,22,24). The molecule has 0 bridgehead atoms. The Bertz CT molecular complexity index is 967. The van der Waals surface area contributed by atoms with E-state index in [0.29, 0.717) is 17.9 Å². The lowest BCUT2D eigenvalue weighted by Gasteiger charge is -2.25. The molecule has 0 spiro atoms. The van der Waals surface area contributed by atoms with Crippen molar-refractivity contribution in [1.29, 1.82) is 0 Å². The van der Waals surface area contributed by atoms with Crippen LogP contribution in [-0.4, -0.2) is 38.1 Å².